The number of hydrogen-bond acceptors (Lipinski definition) is 1. The van der Waals surface area contributed by atoms with Crippen molar-refractivity contribution in [3.63, 3.8) is 0 Å². The van der Waals surface area contributed by atoms with Crippen molar-refractivity contribution >= 4 is 27.5 Å². The standard InChI is InChI=1S/C16H12N2O/c1-17-13-8-4-5-9-14(13)18-15(17)10-11-6-2-3-7-12(11)16(18)19/h2-10H,1H3. The first-order valence-corrected chi connectivity index (χ1v) is 6.25. The summed E-state index contributed by atoms with van der Waals surface area (Å²) in [6, 6.07) is 17.8. The summed E-state index contributed by atoms with van der Waals surface area (Å²) in [5.41, 5.74) is 2.99. The second kappa shape index (κ2) is 3.48. The Hall–Kier alpha value is -2.55. The number of hydrogen-bond donors (Lipinski definition) is 0. The summed E-state index contributed by atoms with van der Waals surface area (Å²) in [5, 5.41) is 1.75. The highest BCUT2D eigenvalue weighted by molar-refractivity contribution is 5.90. The molecule has 3 nitrogen and oxygen atoms in total. The fourth-order valence-electron chi connectivity index (χ4n) is 2.79. The number of fused-ring (bicyclic) bond motifs is 4. The molecule has 92 valence electrons. The van der Waals surface area contributed by atoms with Gasteiger partial charge in [0.15, 0.2) is 0 Å². The van der Waals surface area contributed by atoms with Crippen LogP contribution in [0, 0.1) is 0 Å². The molecule has 0 atom stereocenters. The monoisotopic (exact) mass is 248 g/mol. The van der Waals surface area contributed by atoms with Crippen molar-refractivity contribution in [3.05, 3.63) is 65.0 Å². The van der Waals surface area contributed by atoms with Gasteiger partial charge in [-0.25, -0.2) is 0 Å². The highest BCUT2D eigenvalue weighted by Gasteiger charge is 2.11. The van der Waals surface area contributed by atoms with Crippen LogP contribution in [0.2, 0.25) is 0 Å². The Labute approximate surface area is 109 Å². The van der Waals surface area contributed by atoms with Crippen LogP contribution in [0.3, 0.4) is 0 Å². The molecular formula is C16H12N2O. The summed E-state index contributed by atoms with van der Waals surface area (Å²) in [5.74, 6) is 0. The molecular weight excluding hydrogens is 236 g/mol. The molecule has 2 aromatic carbocycles. The molecule has 0 bridgehead atoms. The van der Waals surface area contributed by atoms with Crippen LogP contribution in [-0.4, -0.2) is 8.97 Å². The molecule has 4 aromatic rings. The molecule has 0 saturated carbocycles. The van der Waals surface area contributed by atoms with E-state index in [1.807, 2.05) is 55.6 Å². The number of para-hydroxylation sites is 2. The first kappa shape index (κ1) is 10.4. The van der Waals surface area contributed by atoms with Gasteiger partial charge in [-0.05, 0) is 29.7 Å². The van der Waals surface area contributed by atoms with Gasteiger partial charge in [-0.2, -0.15) is 0 Å². The molecule has 3 heteroatoms. The van der Waals surface area contributed by atoms with Gasteiger partial charge in [-0.3, -0.25) is 9.20 Å². The smallest absolute Gasteiger partial charge is 0.264 e. The molecule has 0 aliphatic heterocycles. The Morgan fingerprint density at radius 2 is 1.58 bits per heavy atom. The number of nitrogens with zero attached hydrogens (tertiary/aromatic N) is 2. The van der Waals surface area contributed by atoms with Crippen LogP contribution in [0.1, 0.15) is 0 Å². The van der Waals surface area contributed by atoms with Gasteiger partial charge < -0.3 is 4.57 Å². The summed E-state index contributed by atoms with van der Waals surface area (Å²) in [7, 11) is 1.99. The zero-order valence-electron chi connectivity index (χ0n) is 10.5. The zero-order chi connectivity index (χ0) is 13.0. The molecule has 0 saturated heterocycles. The molecule has 0 spiro atoms. The summed E-state index contributed by atoms with van der Waals surface area (Å²) in [6.07, 6.45) is 0. The van der Waals surface area contributed by atoms with Gasteiger partial charge in [0.1, 0.15) is 5.65 Å². The lowest BCUT2D eigenvalue weighted by Crippen LogP contribution is -2.12. The number of pyridine rings is 1. The molecule has 0 N–H and O–H groups in total. The Morgan fingerprint density at radius 1 is 0.895 bits per heavy atom. The lowest BCUT2D eigenvalue weighted by atomic mass is 10.2. The van der Waals surface area contributed by atoms with Crippen LogP contribution in [0.5, 0.6) is 0 Å². The van der Waals surface area contributed by atoms with E-state index in [9.17, 15) is 4.79 Å². The number of aromatic nitrogens is 2. The van der Waals surface area contributed by atoms with Gasteiger partial charge in [0.25, 0.3) is 5.56 Å². The van der Waals surface area contributed by atoms with E-state index in [1.165, 1.54) is 0 Å². The predicted octanol–water partition coefficient (Wildman–Crippen LogP) is 2.94. The van der Waals surface area contributed by atoms with Crippen molar-refractivity contribution in [2.45, 2.75) is 0 Å². The lowest BCUT2D eigenvalue weighted by Gasteiger charge is -2.01. The Bertz CT molecular complexity index is 992. The third-order valence-electron chi connectivity index (χ3n) is 3.74. The van der Waals surface area contributed by atoms with E-state index in [0.717, 1.165) is 27.5 Å². The summed E-state index contributed by atoms with van der Waals surface area (Å²) in [6.45, 7) is 0. The van der Waals surface area contributed by atoms with Crippen molar-refractivity contribution in [2.24, 2.45) is 7.05 Å². The van der Waals surface area contributed by atoms with Gasteiger partial charge in [0.2, 0.25) is 0 Å². The van der Waals surface area contributed by atoms with Gasteiger partial charge in [-0.1, -0.05) is 30.3 Å². The minimum absolute atomic E-state index is 0.0462. The second-order valence-corrected chi connectivity index (χ2v) is 4.78. The molecule has 2 heterocycles. The van der Waals surface area contributed by atoms with Crippen LogP contribution >= 0.6 is 0 Å². The average molecular weight is 248 g/mol. The quantitative estimate of drug-likeness (QED) is 0.470. The molecule has 2 aromatic heterocycles. The summed E-state index contributed by atoms with van der Waals surface area (Å²) >= 11 is 0. The number of benzene rings is 2. The number of imidazole rings is 1. The maximum Gasteiger partial charge on any atom is 0.264 e. The minimum Gasteiger partial charge on any atom is -0.329 e. The maximum absolute atomic E-state index is 12.7. The van der Waals surface area contributed by atoms with E-state index >= 15 is 0 Å². The SMILES string of the molecule is Cn1c2ccccc2n2c(=O)c3ccccc3cc12. The summed E-state index contributed by atoms with van der Waals surface area (Å²) < 4.78 is 3.85. The Morgan fingerprint density at radius 3 is 2.42 bits per heavy atom. The molecule has 0 aliphatic rings. The van der Waals surface area contributed by atoms with E-state index in [2.05, 4.69) is 10.6 Å². The van der Waals surface area contributed by atoms with E-state index in [-0.39, 0.29) is 5.56 Å². The molecule has 0 radical (unpaired) electrons. The number of rotatable bonds is 0. The lowest BCUT2D eigenvalue weighted by molar-refractivity contribution is 0.981. The molecule has 19 heavy (non-hydrogen) atoms. The molecule has 0 amide bonds. The van der Waals surface area contributed by atoms with E-state index in [1.54, 1.807) is 4.40 Å². The highest BCUT2D eigenvalue weighted by Crippen LogP contribution is 2.20. The van der Waals surface area contributed by atoms with E-state index < -0.39 is 0 Å². The van der Waals surface area contributed by atoms with Crippen LogP contribution < -0.4 is 5.56 Å². The molecule has 0 unspecified atom stereocenters. The van der Waals surface area contributed by atoms with Crippen molar-refractivity contribution in [2.75, 3.05) is 0 Å². The van der Waals surface area contributed by atoms with Crippen molar-refractivity contribution in [1.82, 2.24) is 8.97 Å². The largest absolute Gasteiger partial charge is 0.329 e. The Kier molecular flexibility index (Phi) is 1.90. The first-order chi connectivity index (χ1) is 9.27. The van der Waals surface area contributed by atoms with E-state index in [0.29, 0.717) is 0 Å². The highest BCUT2D eigenvalue weighted by atomic mass is 16.1. The topological polar surface area (TPSA) is 26.4 Å². The molecule has 4 rings (SSSR count). The zero-order valence-corrected chi connectivity index (χ0v) is 10.5. The van der Waals surface area contributed by atoms with Crippen molar-refractivity contribution < 1.29 is 0 Å². The van der Waals surface area contributed by atoms with Gasteiger partial charge >= 0.3 is 0 Å². The Balaban J connectivity index is 2.42. The average Bonchev–Trinajstić information content (AvgIpc) is 2.74. The third-order valence-corrected chi connectivity index (χ3v) is 3.74. The fraction of sp³-hybridized carbons (Fsp3) is 0.0625. The van der Waals surface area contributed by atoms with Gasteiger partial charge in [-0.15, -0.1) is 0 Å². The van der Waals surface area contributed by atoms with Crippen molar-refractivity contribution in [1.29, 1.82) is 0 Å². The minimum atomic E-state index is 0.0462. The summed E-state index contributed by atoms with van der Waals surface area (Å²) in [4.78, 5) is 12.7. The normalized spacial score (nSPS) is 11.6. The maximum atomic E-state index is 12.7. The van der Waals surface area contributed by atoms with Gasteiger partial charge in [0.05, 0.1) is 11.0 Å². The van der Waals surface area contributed by atoms with Crippen LogP contribution in [-0.2, 0) is 7.05 Å². The predicted molar refractivity (Wildman–Crippen MR) is 77.7 cm³/mol. The van der Waals surface area contributed by atoms with Gasteiger partial charge in [0, 0.05) is 12.4 Å². The number of aryl methyl sites for hydroxylation is 1. The third kappa shape index (κ3) is 1.24. The van der Waals surface area contributed by atoms with Crippen LogP contribution in [0.4, 0.5) is 0 Å². The van der Waals surface area contributed by atoms with E-state index in [4.69, 9.17) is 0 Å². The molecule has 0 aliphatic carbocycles. The van der Waals surface area contributed by atoms with Crippen molar-refractivity contribution in [3.8, 4) is 0 Å². The first-order valence-electron chi connectivity index (χ1n) is 6.25. The van der Waals surface area contributed by atoms with Crippen LogP contribution in [0.25, 0.3) is 27.5 Å². The fourth-order valence-corrected chi connectivity index (χ4v) is 2.79. The molecule has 0 fully saturated rings. The van der Waals surface area contributed by atoms with Crippen LogP contribution in [0.15, 0.2) is 59.4 Å². The second-order valence-electron chi connectivity index (χ2n) is 4.78.